The summed E-state index contributed by atoms with van der Waals surface area (Å²) in [5, 5.41) is 6.03. The van der Waals surface area contributed by atoms with Crippen LogP contribution in [0.1, 0.15) is 32.1 Å². The van der Waals surface area contributed by atoms with Gasteiger partial charge in [0.2, 0.25) is 5.91 Å². The van der Waals surface area contributed by atoms with Crippen LogP contribution in [0.25, 0.3) is 0 Å². The number of carbonyl (C=O) groups excluding carboxylic acids is 1. The molecule has 0 bridgehead atoms. The van der Waals surface area contributed by atoms with Crippen molar-refractivity contribution in [3.8, 4) is 0 Å². The van der Waals surface area contributed by atoms with Crippen LogP contribution in [0.5, 0.6) is 0 Å². The molecule has 0 unspecified atom stereocenters. The third-order valence-corrected chi connectivity index (χ3v) is 3.17. The fourth-order valence-corrected chi connectivity index (χ4v) is 2.15. The molecular formula is C17H22N2O2. The Morgan fingerprint density at radius 1 is 1.14 bits per heavy atom. The Morgan fingerprint density at radius 2 is 1.90 bits per heavy atom. The van der Waals surface area contributed by atoms with E-state index >= 15 is 0 Å². The second-order valence-electron chi connectivity index (χ2n) is 6.03. The topological polar surface area (TPSA) is 54.3 Å². The Morgan fingerprint density at radius 3 is 2.57 bits per heavy atom. The number of carbonyl (C=O) groups is 1. The molecule has 21 heavy (non-hydrogen) atoms. The van der Waals surface area contributed by atoms with Crippen LogP contribution in [0.2, 0.25) is 0 Å². The number of furan rings is 1. The number of rotatable bonds is 5. The molecule has 0 aliphatic carbocycles. The van der Waals surface area contributed by atoms with Crippen molar-refractivity contribution in [1.82, 2.24) is 5.32 Å². The first-order valence-corrected chi connectivity index (χ1v) is 7.09. The number of hydrogen-bond acceptors (Lipinski definition) is 3. The number of hydrogen-bond donors (Lipinski definition) is 2. The highest BCUT2D eigenvalue weighted by Crippen LogP contribution is 2.29. The summed E-state index contributed by atoms with van der Waals surface area (Å²) < 4.78 is 5.20. The van der Waals surface area contributed by atoms with E-state index in [9.17, 15) is 4.79 Å². The predicted molar refractivity (Wildman–Crippen MR) is 84.2 cm³/mol. The predicted octanol–water partition coefficient (Wildman–Crippen LogP) is 3.31. The van der Waals surface area contributed by atoms with Crippen LogP contribution in [0, 0.1) is 0 Å². The molecule has 0 radical (unpaired) electrons. The van der Waals surface area contributed by atoms with Crippen LogP contribution >= 0.6 is 0 Å². The van der Waals surface area contributed by atoms with E-state index in [1.807, 2.05) is 36.4 Å². The summed E-state index contributed by atoms with van der Waals surface area (Å²) in [4.78, 5) is 12.0. The summed E-state index contributed by atoms with van der Waals surface area (Å²) in [6.07, 6.45) is 1.62. The van der Waals surface area contributed by atoms with Crippen LogP contribution in [0.15, 0.2) is 47.1 Å². The smallest absolute Gasteiger partial charge is 0.238 e. The van der Waals surface area contributed by atoms with Crippen molar-refractivity contribution in [2.75, 3.05) is 11.9 Å². The standard InChI is InChI=1S/C17H22N2O2/c1-17(2,3)14-8-4-5-9-15(14)19-16(20)12-18-11-13-7-6-10-21-13/h4-10,18H,11-12H2,1-3H3,(H,19,20). The van der Waals surface area contributed by atoms with Crippen LogP contribution in [0.4, 0.5) is 5.69 Å². The van der Waals surface area contributed by atoms with Gasteiger partial charge in [-0.05, 0) is 29.2 Å². The summed E-state index contributed by atoms with van der Waals surface area (Å²) >= 11 is 0. The van der Waals surface area contributed by atoms with Crippen molar-refractivity contribution >= 4 is 11.6 Å². The molecule has 112 valence electrons. The molecule has 1 heterocycles. The highest BCUT2D eigenvalue weighted by Gasteiger charge is 2.18. The molecule has 0 aliphatic heterocycles. The van der Waals surface area contributed by atoms with Crippen molar-refractivity contribution < 1.29 is 9.21 Å². The van der Waals surface area contributed by atoms with E-state index in [2.05, 4.69) is 31.4 Å². The summed E-state index contributed by atoms with van der Waals surface area (Å²) in [5.41, 5.74) is 1.99. The van der Waals surface area contributed by atoms with Gasteiger partial charge in [0, 0.05) is 5.69 Å². The largest absolute Gasteiger partial charge is 0.468 e. The number of anilines is 1. The van der Waals surface area contributed by atoms with Gasteiger partial charge in [0.25, 0.3) is 0 Å². The van der Waals surface area contributed by atoms with E-state index in [-0.39, 0.29) is 17.9 Å². The second kappa shape index (κ2) is 6.59. The van der Waals surface area contributed by atoms with E-state index in [1.165, 1.54) is 0 Å². The second-order valence-corrected chi connectivity index (χ2v) is 6.03. The van der Waals surface area contributed by atoms with E-state index in [1.54, 1.807) is 6.26 Å². The van der Waals surface area contributed by atoms with Crippen LogP contribution in [0.3, 0.4) is 0 Å². The Hall–Kier alpha value is -2.07. The van der Waals surface area contributed by atoms with Gasteiger partial charge >= 0.3 is 0 Å². The maximum atomic E-state index is 12.0. The van der Waals surface area contributed by atoms with Gasteiger partial charge in [-0.1, -0.05) is 39.0 Å². The zero-order valence-electron chi connectivity index (χ0n) is 12.8. The van der Waals surface area contributed by atoms with Gasteiger partial charge < -0.3 is 15.1 Å². The van der Waals surface area contributed by atoms with Gasteiger partial charge in [-0.25, -0.2) is 0 Å². The fourth-order valence-electron chi connectivity index (χ4n) is 2.15. The highest BCUT2D eigenvalue weighted by atomic mass is 16.3. The molecule has 1 amide bonds. The molecule has 2 N–H and O–H groups in total. The van der Waals surface area contributed by atoms with E-state index in [0.717, 1.165) is 17.0 Å². The molecule has 2 rings (SSSR count). The van der Waals surface area contributed by atoms with Crippen LogP contribution in [-0.2, 0) is 16.8 Å². The first-order valence-electron chi connectivity index (χ1n) is 7.09. The Labute approximate surface area is 125 Å². The van der Waals surface area contributed by atoms with E-state index < -0.39 is 0 Å². The first kappa shape index (κ1) is 15.3. The minimum Gasteiger partial charge on any atom is -0.468 e. The molecule has 1 aromatic carbocycles. The van der Waals surface area contributed by atoms with Gasteiger partial charge in [-0.15, -0.1) is 0 Å². The molecule has 0 fully saturated rings. The maximum Gasteiger partial charge on any atom is 0.238 e. The minimum atomic E-state index is -0.0572. The van der Waals surface area contributed by atoms with Crippen LogP contribution < -0.4 is 10.6 Å². The van der Waals surface area contributed by atoms with Crippen LogP contribution in [-0.4, -0.2) is 12.5 Å². The molecule has 4 heteroatoms. The molecule has 0 saturated heterocycles. The molecule has 0 spiro atoms. The van der Waals surface area contributed by atoms with Gasteiger partial charge in [0.15, 0.2) is 0 Å². The number of para-hydroxylation sites is 1. The first-order chi connectivity index (χ1) is 9.97. The lowest BCUT2D eigenvalue weighted by Crippen LogP contribution is -2.28. The molecule has 4 nitrogen and oxygen atoms in total. The Balaban J connectivity index is 1.91. The lowest BCUT2D eigenvalue weighted by Gasteiger charge is -2.23. The monoisotopic (exact) mass is 286 g/mol. The van der Waals surface area contributed by atoms with Crippen molar-refractivity contribution in [2.45, 2.75) is 32.7 Å². The lowest BCUT2D eigenvalue weighted by atomic mass is 9.86. The molecule has 0 saturated carbocycles. The summed E-state index contributed by atoms with van der Waals surface area (Å²) in [6, 6.07) is 11.6. The molecule has 0 atom stereocenters. The normalized spacial score (nSPS) is 11.4. The number of nitrogens with one attached hydrogen (secondary N) is 2. The maximum absolute atomic E-state index is 12.0. The SMILES string of the molecule is CC(C)(C)c1ccccc1NC(=O)CNCc1ccco1. The van der Waals surface area contributed by atoms with Gasteiger partial charge in [0.05, 0.1) is 19.4 Å². The Bertz CT molecular complexity index is 583. The van der Waals surface area contributed by atoms with Gasteiger partial charge in [-0.2, -0.15) is 0 Å². The minimum absolute atomic E-state index is 0.00846. The molecule has 0 aliphatic rings. The summed E-state index contributed by atoms with van der Waals surface area (Å²) in [5.74, 6) is 0.760. The fraction of sp³-hybridized carbons (Fsp3) is 0.353. The number of amides is 1. The quantitative estimate of drug-likeness (QED) is 0.886. The third kappa shape index (κ3) is 4.46. The zero-order chi connectivity index (χ0) is 15.3. The summed E-state index contributed by atoms with van der Waals surface area (Å²) in [6.45, 7) is 7.19. The number of benzene rings is 1. The summed E-state index contributed by atoms with van der Waals surface area (Å²) in [7, 11) is 0. The van der Waals surface area contributed by atoms with Gasteiger partial charge in [0.1, 0.15) is 5.76 Å². The van der Waals surface area contributed by atoms with Gasteiger partial charge in [-0.3, -0.25) is 4.79 Å². The lowest BCUT2D eigenvalue weighted by molar-refractivity contribution is -0.115. The van der Waals surface area contributed by atoms with Crippen molar-refractivity contribution in [3.63, 3.8) is 0 Å². The van der Waals surface area contributed by atoms with Crippen molar-refractivity contribution in [3.05, 3.63) is 54.0 Å². The molecule has 1 aromatic heterocycles. The average molecular weight is 286 g/mol. The zero-order valence-corrected chi connectivity index (χ0v) is 12.8. The highest BCUT2D eigenvalue weighted by molar-refractivity contribution is 5.93. The molecule has 2 aromatic rings. The molecular weight excluding hydrogens is 264 g/mol. The van der Waals surface area contributed by atoms with E-state index in [0.29, 0.717) is 6.54 Å². The van der Waals surface area contributed by atoms with Crippen molar-refractivity contribution in [1.29, 1.82) is 0 Å². The average Bonchev–Trinajstić information content (AvgIpc) is 2.91. The van der Waals surface area contributed by atoms with E-state index in [4.69, 9.17) is 4.42 Å². The van der Waals surface area contributed by atoms with Crippen molar-refractivity contribution in [2.24, 2.45) is 0 Å². The Kier molecular flexibility index (Phi) is 4.81. The third-order valence-electron chi connectivity index (χ3n) is 3.17.